The summed E-state index contributed by atoms with van der Waals surface area (Å²) in [6.45, 7) is 24.7. The first-order chi connectivity index (χ1) is 31.0. The second kappa shape index (κ2) is 22.5. The van der Waals surface area contributed by atoms with Crippen molar-refractivity contribution in [2.75, 3.05) is 11.9 Å². The highest BCUT2D eigenvalue weighted by Crippen LogP contribution is 2.26. The number of halogens is 1. The van der Waals surface area contributed by atoms with E-state index in [-0.39, 0.29) is 52.8 Å². The van der Waals surface area contributed by atoms with Gasteiger partial charge < -0.3 is 38.6 Å². The van der Waals surface area contributed by atoms with Gasteiger partial charge in [0, 0.05) is 23.7 Å². The van der Waals surface area contributed by atoms with Crippen LogP contribution in [0.3, 0.4) is 0 Å². The summed E-state index contributed by atoms with van der Waals surface area (Å²) in [6.07, 6.45) is -1.85. The van der Waals surface area contributed by atoms with Gasteiger partial charge in [-0.1, -0.05) is 17.7 Å². The summed E-state index contributed by atoms with van der Waals surface area (Å²) in [4.78, 5) is 96.7. The lowest BCUT2D eigenvalue weighted by molar-refractivity contribution is -0.159. The monoisotopic (exact) mass is 964 g/mol. The number of hydrogen-bond donors (Lipinski definition) is 2. The van der Waals surface area contributed by atoms with Gasteiger partial charge in [0.1, 0.15) is 40.3 Å². The van der Waals surface area contributed by atoms with Crippen molar-refractivity contribution in [3.63, 3.8) is 0 Å². The Morgan fingerprint density at radius 1 is 0.588 bits per heavy atom. The molecular weight excluding hydrogens is 900 g/mol. The van der Waals surface area contributed by atoms with Crippen LogP contribution in [0.1, 0.15) is 152 Å². The lowest BCUT2D eigenvalue weighted by Gasteiger charge is -2.26. The molecule has 3 aromatic rings. The minimum absolute atomic E-state index is 0.0509. The number of amides is 3. The van der Waals surface area contributed by atoms with E-state index in [0.29, 0.717) is 16.8 Å². The summed E-state index contributed by atoms with van der Waals surface area (Å²) in [5.41, 5.74) is -2.74. The molecule has 3 aromatic carbocycles. The summed E-state index contributed by atoms with van der Waals surface area (Å²) < 4.78 is 32.8. The number of rotatable bonds is 12. The van der Waals surface area contributed by atoms with Gasteiger partial charge in [-0.3, -0.25) is 14.9 Å². The van der Waals surface area contributed by atoms with Crippen LogP contribution in [0.5, 0.6) is 5.75 Å². The predicted molar refractivity (Wildman–Crippen MR) is 256 cm³/mol. The maximum absolute atomic E-state index is 14.0. The van der Waals surface area contributed by atoms with E-state index in [4.69, 9.17) is 40.0 Å². The number of nitrogens with one attached hydrogen (secondary N) is 2. The molecule has 0 aliphatic carbocycles. The molecule has 68 heavy (non-hydrogen) atoms. The molecule has 17 nitrogen and oxygen atoms in total. The van der Waals surface area contributed by atoms with Crippen molar-refractivity contribution in [1.82, 2.24) is 10.2 Å². The molecule has 3 rings (SSSR count). The highest BCUT2D eigenvalue weighted by atomic mass is 35.5. The van der Waals surface area contributed by atoms with Crippen molar-refractivity contribution in [3.05, 3.63) is 93.5 Å². The Morgan fingerprint density at radius 3 is 1.59 bits per heavy atom. The number of carbonyl (C=O) groups excluding carboxylic acids is 7. The second-order valence-electron chi connectivity index (χ2n) is 20.7. The predicted octanol–water partition coefficient (Wildman–Crippen LogP) is 10.0. The molecule has 0 aliphatic heterocycles. The van der Waals surface area contributed by atoms with Gasteiger partial charge in [0.05, 0.1) is 16.7 Å². The molecular formula is C50H65ClN4O13. The van der Waals surface area contributed by atoms with Gasteiger partial charge >= 0.3 is 36.1 Å². The molecule has 0 spiro atoms. The third-order valence-electron chi connectivity index (χ3n) is 8.17. The van der Waals surface area contributed by atoms with Gasteiger partial charge in [-0.05, 0) is 176 Å². The van der Waals surface area contributed by atoms with Crippen LogP contribution < -0.4 is 15.4 Å². The third-order valence-corrected chi connectivity index (χ3v) is 8.52. The molecule has 370 valence electrons. The first kappa shape index (κ1) is 55.8. The van der Waals surface area contributed by atoms with Crippen molar-refractivity contribution >= 4 is 65.2 Å². The standard InChI is InChI=1S/C50H65ClN4O13/c1-46(2,3)64-39(57)29-55(28-30-24-33(41(59)65-47(4,5)6)26-34(25-30)42(60)66-48(7,8)9)38(56)23-19-31-18-22-36(27-37(31)51)63-40(58)32-16-20-35(21-17-32)52-43(53-44(61)67-49(10,11)12)54-45(62)68-50(13,14)15/h16-18,20-22,24-27H,19,23,28-29H2,1-15H3,(H2,52,53,54,61,62). The molecule has 3 amide bonds. The van der Waals surface area contributed by atoms with Crippen molar-refractivity contribution in [1.29, 1.82) is 0 Å². The molecule has 2 N–H and O–H groups in total. The van der Waals surface area contributed by atoms with Crippen molar-refractivity contribution in [3.8, 4) is 5.75 Å². The smallest absolute Gasteiger partial charge is 0.437 e. The normalized spacial score (nSPS) is 12.3. The van der Waals surface area contributed by atoms with Crippen LogP contribution in [0, 0.1) is 0 Å². The Bertz CT molecular complexity index is 2330. The molecule has 18 heteroatoms. The van der Waals surface area contributed by atoms with Crippen LogP contribution in [0.25, 0.3) is 0 Å². The lowest BCUT2D eigenvalue weighted by atomic mass is 10.0. The zero-order valence-electron chi connectivity index (χ0n) is 41.7. The average Bonchev–Trinajstić information content (AvgIpc) is 3.13. The van der Waals surface area contributed by atoms with Gasteiger partial charge in [0.15, 0.2) is 0 Å². The summed E-state index contributed by atoms with van der Waals surface area (Å²) in [7, 11) is 0. The highest BCUT2D eigenvalue weighted by Gasteiger charge is 2.27. The van der Waals surface area contributed by atoms with E-state index in [1.165, 1.54) is 59.5 Å². The number of aryl methyl sites for hydroxylation is 1. The quantitative estimate of drug-likeness (QED) is 0.0568. The number of aliphatic imine (C=N–C) groups is 1. The van der Waals surface area contributed by atoms with E-state index in [2.05, 4.69) is 15.6 Å². The molecule has 0 bridgehead atoms. The SMILES string of the molecule is CC(C)(C)OC(=O)CN(Cc1cc(C(=O)OC(C)(C)C)cc(C(=O)OC(C)(C)C)c1)C(=O)CCc1ccc(OC(=O)c2ccc(N/C(=N\C(=O)OC(C)(C)C)NC(=O)OC(C)(C)C)cc2)cc1Cl. The number of hydrogen-bond acceptors (Lipinski definition) is 13. The molecule has 0 aliphatic rings. The minimum Gasteiger partial charge on any atom is -0.459 e. The summed E-state index contributed by atoms with van der Waals surface area (Å²) >= 11 is 6.64. The van der Waals surface area contributed by atoms with Gasteiger partial charge in [0.2, 0.25) is 11.9 Å². The van der Waals surface area contributed by atoms with Crippen molar-refractivity contribution in [2.24, 2.45) is 4.99 Å². The van der Waals surface area contributed by atoms with Crippen LogP contribution in [0.15, 0.2) is 65.7 Å². The summed E-state index contributed by atoms with van der Waals surface area (Å²) in [5, 5.41) is 5.39. The first-order valence-corrected chi connectivity index (χ1v) is 22.2. The summed E-state index contributed by atoms with van der Waals surface area (Å²) in [5.74, 6) is -3.44. The Labute approximate surface area is 403 Å². The number of benzene rings is 3. The number of carbonyl (C=O) groups is 7. The van der Waals surface area contributed by atoms with Gasteiger partial charge in [-0.15, -0.1) is 4.99 Å². The largest absolute Gasteiger partial charge is 0.459 e. The maximum atomic E-state index is 14.0. The van der Waals surface area contributed by atoms with Gasteiger partial charge in [0.25, 0.3) is 0 Å². The molecule has 0 aromatic heterocycles. The van der Waals surface area contributed by atoms with Crippen molar-refractivity contribution < 1.29 is 62.0 Å². The van der Waals surface area contributed by atoms with E-state index in [1.54, 1.807) is 110 Å². The Morgan fingerprint density at radius 2 is 1.10 bits per heavy atom. The summed E-state index contributed by atoms with van der Waals surface area (Å²) in [6, 6.07) is 14.8. The molecule has 0 atom stereocenters. The van der Waals surface area contributed by atoms with Crippen LogP contribution >= 0.6 is 11.6 Å². The van der Waals surface area contributed by atoms with Gasteiger partial charge in [-0.25, -0.2) is 24.0 Å². The number of alkyl carbamates (subject to hydrolysis) is 1. The molecule has 0 saturated carbocycles. The Balaban J connectivity index is 1.80. The minimum atomic E-state index is -0.969. The van der Waals surface area contributed by atoms with Crippen LogP contribution in [0.2, 0.25) is 5.02 Å². The zero-order valence-corrected chi connectivity index (χ0v) is 42.4. The van der Waals surface area contributed by atoms with E-state index in [9.17, 15) is 33.6 Å². The number of ether oxygens (including phenoxy) is 6. The zero-order chi connectivity index (χ0) is 51.6. The van der Waals surface area contributed by atoms with E-state index < -0.39 is 76.5 Å². The lowest BCUT2D eigenvalue weighted by Crippen LogP contribution is -2.40. The highest BCUT2D eigenvalue weighted by molar-refractivity contribution is 6.31. The average molecular weight is 966 g/mol. The van der Waals surface area contributed by atoms with Gasteiger partial charge in [-0.2, -0.15) is 0 Å². The number of anilines is 1. The van der Waals surface area contributed by atoms with Crippen LogP contribution in [-0.2, 0) is 46.2 Å². The molecule has 0 unspecified atom stereocenters. The van der Waals surface area contributed by atoms with Crippen LogP contribution in [0.4, 0.5) is 15.3 Å². The van der Waals surface area contributed by atoms with E-state index >= 15 is 0 Å². The molecule has 0 fully saturated rings. The van der Waals surface area contributed by atoms with Crippen LogP contribution in [-0.4, -0.2) is 87.4 Å². The van der Waals surface area contributed by atoms with E-state index in [1.807, 2.05) is 0 Å². The molecule has 0 heterocycles. The fourth-order valence-corrected chi connectivity index (χ4v) is 5.99. The molecule has 0 saturated heterocycles. The maximum Gasteiger partial charge on any atom is 0.437 e. The van der Waals surface area contributed by atoms with Crippen molar-refractivity contribution in [2.45, 2.75) is 151 Å². The second-order valence-corrected chi connectivity index (χ2v) is 21.1. The third kappa shape index (κ3) is 21.0. The number of guanidine groups is 1. The number of esters is 4. The van der Waals surface area contributed by atoms with E-state index in [0.717, 1.165) is 0 Å². The fraction of sp³-hybridized carbons (Fsp3) is 0.480. The Kier molecular flexibility index (Phi) is 18.5. The number of nitrogens with zero attached hydrogens (tertiary/aromatic N) is 2. The topological polar surface area (TPSA) is 215 Å². The fourth-order valence-electron chi connectivity index (χ4n) is 5.73. The first-order valence-electron chi connectivity index (χ1n) is 21.8. The molecule has 0 radical (unpaired) electrons. The Hall–Kier alpha value is -6.49.